The van der Waals surface area contributed by atoms with Crippen molar-refractivity contribution in [2.24, 2.45) is 5.73 Å². The highest BCUT2D eigenvalue weighted by Gasteiger charge is 2.07. The fraction of sp³-hybridized carbons (Fsp3) is 0.400. The number of thiophene rings is 1. The molecule has 0 aliphatic carbocycles. The fourth-order valence-corrected chi connectivity index (χ4v) is 1.82. The zero-order valence-corrected chi connectivity index (χ0v) is 8.73. The largest absolute Gasteiger partial charge is 0.329 e. The summed E-state index contributed by atoms with van der Waals surface area (Å²) >= 11 is 1.70. The molecule has 3 N–H and O–H groups in total. The molecule has 1 atom stereocenters. The third-order valence-electron chi connectivity index (χ3n) is 1.83. The summed E-state index contributed by atoms with van der Waals surface area (Å²) in [5.74, 6) is 0. The highest BCUT2D eigenvalue weighted by atomic mass is 32.1. The van der Waals surface area contributed by atoms with Crippen molar-refractivity contribution < 1.29 is 0 Å². The number of rotatable bonds is 5. The van der Waals surface area contributed by atoms with E-state index in [4.69, 9.17) is 5.73 Å². The van der Waals surface area contributed by atoms with Crippen molar-refractivity contribution in [1.29, 1.82) is 0 Å². The quantitative estimate of drug-likeness (QED) is 0.706. The molecule has 0 fully saturated rings. The molecule has 0 aromatic carbocycles. The van der Waals surface area contributed by atoms with Crippen LogP contribution < -0.4 is 11.1 Å². The number of nitrogens with two attached hydrogens (primary N) is 1. The summed E-state index contributed by atoms with van der Waals surface area (Å²) in [5.41, 5.74) is 8.07. The molecule has 1 aromatic rings. The average Bonchev–Trinajstić information content (AvgIpc) is 2.58. The Balaban J connectivity index is 2.49. The van der Waals surface area contributed by atoms with Crippen molar-refractivity contribution in [3.63, 3.8) is 0 Å². The van der Waals surface area contributed by atoms with E-state index in [-0.39, 0.29) is 6.04 Å². The van der Waals surface area contributed by atoms with E-state index in [0.29, 0.717) is 6.54 Å². The normalized spacial score (nSPS) is 12.8. The molecule has 0 aliphatic heterocycles. The first-order valence-corrected chi connectivity index (χ1v) is 5.28. The summed E-state index contributed by atoms with van der Waals surface area (Å²) in [4.78, 5) is 0. The molecular formula is C10H16N2S. The Bertz CT molecular complexity index is 254. The summed E-state index contributed by atoms with van der Waals surface area (Å²) < 4.78 is 0. The second-order valence-corrected chi connectivity index (χ2v) is 3.96. The Morgan fingerprint density at radius 1 is 1.77 bits per heavy atom. The molecule has 0 amide bonds. The van der Waals surface area contributed by atoms with Crippen LogP contribution in [-0.4, -0.2) is 13.1 Å². The van der Waals surface area contributed by atoms with Crippen LogP contribution in [0.4, 0.5) is 0 Å². The van der Waals surface area contributed by atoms with E-state index < -0.39 is 0 Å². The summed E-state index contributed by atoms with van der Waals surface area (Å²) in [6.07, 6.45) is 0. The third kappa shape index (κ3) is 3.30. The molecule has 0 spiro atoms. The van der Waals surface area contributed by atoms with E-state index in [1.807, 2.05) is 6.92 Å². The topological polar surface area (TPSA) is 38.0 Å². The summed E-state index contributed by atoms with van der Waals surface area (Å²) in [7, 11) is 0. The van der Waals surface area contributed by atoms with Gasteiger partial charge in [0.25, 0.3) is 0 Å². The lowest BCUT2D eigenvalue weighted by Gasteiger charge is -2.15. The van der Waals surface area contributed by atoms with Gasteiger partial charge in [-0.1, -0.05) is 12.2 Å². The molecule has 3 heteroatoms. The monoisotopic (exact) mass is 196 g/mol. The molecular weight excluding hydrogens is 180 g/mol. The molecule has 0 saturated carbocycles. The van der Waals surface area contributed by atoms with Crippen molar-refractivity contribution in [3.8, 4) is 0 Å². The first kappa shape index (κ1) is 10.4. The van der Waals surface area contributed by atoms with Crippen molar-refractivity contribution in [2.75, 3.05) is 13.1 Å². The van der Waals surface area contributed by atoms with E-state index in [1.165, 1.54) is 5.56 Å². The number of nitrogens with one attached hydrogen (secondary N) is 1. The fourth-order valence-electron chi connectivity index (χ4n) is 1.11. The predicted octanol–water partition coefficient (Wildman–Crippen LogP) is 1.91. The van der Waals surface area contributed by atoms with Crippen LogP contribution in [0.15, 0.2) is 29.0 Å². The molecule has 0 aliphatic rings. The SMILES string of the molecule is C=C(C)CNC(CN)c1ccsc1. The smallest absolute Gasteiger partial charge is 0.0455 e. The zero-order chi connectivity index (χ0) is 9.68. The standard InChI is InChI=1S/C10H16N2S/c1-8(2)6-12-10(5-11)9-3-4-13-7-9/h3-4,7,10,12H,1,5-6,11H2,2H3. The van der Waals surface area contributed by atoms with Crippen LogP contribution in [0.3, 0.4) is 0 Å². The van der Waals surface area contributed by atoms with Crippen molar-refractivity contribution in [3.05, 3.63) is 34.5 Å². The third-order valence-corrected chi connectivity index (χ3v) is 2.53. The molecule has 0 saturated heterocycles. The van der Waals surface area contributed by atoms with Crippen molar-refractivity contribution >= 4 is 11.3 Å². The van der Waals surface area contributed by atoms with Crippen LogP contribution in [0, 0.1) is 0 Å². The number of hydrogen-bond acceptors (Lipinski definition) is 3. The summed E-state index contributed by atoms with van der Waals surface area (Å²) in [5, 5.41) is 7.55. The predicted molar refractivity (Wildman–Crippen MR) is 58.9 cm³/mol. The summed E-state index contributed by atoms with van der Waals surface area (Å²) in [6, 6.07) is 2.37. The van der Waals surface area contributed by atoms with Gasteiger partial charge in [-0.15, -0.1) is 0 Å². The Morgan fingerprint density at radius 3 is 3.00 bits per heavy atom. The van der Waals surface area contributed by atoms with Crippen molar-refractivity contribution in [1.82, 2.24) is 5.32 Å². The van der Waals surface area contributed by atoms with E-state index in [2.05, 4.69) is 28.7 Å². The molecule has 13 heavy (non-hydrogen) atoms. The van der Waals surface area contributed by atoms with Gasteiger partial charge in [0.1, 0.15) is 0 Å². The first-order chi connectivity index (χ1) is 6.24. The van der Waals surface area contributed by atoms with Crippen molar-refractivity contribution in [2.45, 2.75) is 13.0 Å². The summed E-state index contributed by atoms with van der Waals surface area (Å²) in [6.45, 7) is 7.31. The molecule has 72 valence electrons. The number of hydrogen-bond donors (Lipinski definition) is 2. The van der Waals surface area contributed by atoms with E-state index >= 15 is 0 Å². The van der Waals surface area contributed by atoms with Gasteiger partial charge >= 0.3 is 0 Å². The van der Waals surface area contributed by atoms with Gasteiger partial charge in [-0.25, -0.2) is 0 Å². The van der Waals surface area contributed by atoms with Crippen LogP contribution >= 0.6 is 11.3 Å². The molecule has 1 unspecified atom stereocenters. The van der Waals surface area contributed by atoms with Crippen LogP contribution in [0.2, 0.25) is 0 Å². The van der Waals surface area contributed by atoms with Gasteiger partial charge in [0.2, 0.25) is 0 Å². The van der Waals surface area contributed by atoms with Gasteiger partial charge in [0.05, 0.1) is 0 Å². The highest BCUT2D eigenvalue weighted by molar-refractivity contribution is 7.07. The average molecular weight is 196 g/mol. The van der Waals surface area contributed by atoms with E-state index in [9.17, 15) is 0 Å². The van der Waals surface area contributed by atoms with Gasteiger partial charge in [-0.3, -0.25) is 0 Å². The molecule has 2 nitrogen and oxygen atoms in total. The molecule has 1 rings (SSSR count). The first-order valence-electron chi connectivity index (χ1n) is 4.34. The maximum absolute atomic E-state index is 5.66. The van der Waals surface area contributed by atoms with Gasteiger partial charge < -0.3 is 11.1 Å². The Morgan fingerprint density at radius 2 is 2.54 bits per heavy atom. The van der Waals surface area contributed by atoms with Gasteiger partial charge in [-0.05, 0) is 29.3 Å². The molecule has 0 bridgehead atoms. The van der Waals surface area contributed by atoms with E-state index in [0.717, 1.165) is 12.1 Å². The highest BCUT2D eigenvalue weighted by Crippen LogP contribution is 2.15. The minimum atomic E-state index is 0.267. The second-order valence-electron chi connectivity index (χ2n) is 3.18. The van der Waals surface area contributed by atoms with Gasteiger partial charge in [0, 0.05) is 19.1 Å². The molecule has 0 radical (unpaired) electrons. The Kier molecular flexibility index (Phi) is 4.15. The van der Waals surface area contributed by atoms with Crippen LogP contribution in [0.1, 0.15) is 18.5 Å². The zero-order valence-electron chi connectivity index (χ0n) is 7.92. The maximum atomic E-state index is 5.66. The van der Waals surface area contributed by atoms with Gasteiger partial charge in [-0.2, -0.15) is 11.3 Å². The molecule has 1 heterocycles. The lowest BCUT2D eigenvalue weighted by atomic mass is 10.1. The van der Waals surface area contributed by atoms with Crippen LogP contribution in [0.25, 0.3) is 0 Å². The Hall–Kier alpha value is -0.640. The minimum Gasteiger partial charge on any atom is -0.329 e. The minimum absolute atomic E-state index is 0.267. The van der Waals surface area contributed by atoms with Crippen LogP contribution in [-0.2, 0) is 0 Å². The Labute approximate surface area is 83.5 Å². The lowest BCUT2D eigenvalue weighted by molar-refractivity contribution is 0.571. The second kappa shape index (κ2) is 5.17. The van der Waals surface area contributed by atoms with Gasteiger partial charge in [0.15, 0.2) is 0 Å². The molecule has 1 aromatic heterocycles. The van der Waals surface area contributed by atoms with E-state index in [1.54, 1.807) is 11.3 Å². The maximum Gasteiger partial charge on any atom is 0.0455 e. The van der Waals surface area contributed by atoms with Crippen LogP contribution in [0.5, 0.6) is 0 Å². The lowest BCUT2D eigenvalue weighted by Crippen LogP contribution is -2.28.